The average Bonchev–Trinajstić information content (AvgIpc) is 2.53. The Labute approximate surface area is 125 Å². The van der Waals surface area contributed by atoms with Gasteiger partial charge >= 0.3 is 0 Å². The van der Waals surface area contributed by atoms with Crippen LogP contribution in [-0.4, -0.2) is 19.4 Å². The Morgan fingerprint density at radius 2 is 1.76 bits per heavy atom. The van der Waals surface area contributed by atoms with E-state index in [4.69, 9.17) is 9.26 Å². The van der Waals surface area contributed by atoms with E-state index < -0.39 is 7.37 Å². The number of para-hydroxylation sites is 1. The molecule has 0 amide bonds. The van der Waals surface area contributed by atoms with Gasteiger partial charge < -0.3 is 9.26 Å². The van der Waals surface area contributed by atoms with Gasteiger partial charge in [0, 0.05) is 12.7 Å². The first-order valence-electron chi connectivity index (χ1n) is 7.18. The third kappa shape index (κ3) is 2.52. The lowest BCUT2D eigenvalue weighted by molar-refractivity contribution is 0.116. The number of hydrogen-bond donors (Lipinski definition) is 0. The van der Waals surface area contributed by atoms with Gasteiger partial charge in [-0.3, -0.25) is 4.57 Å². The summed E-state index contributed by atoms with van der Waals surface area (Å²) in [5, 5.41) is 0.805. The second kappa shape index (κ2) is 5.67. The SMILES string of the molecule is CCC(CP1(=O)Oc2ccccc2-c2ccccc21)OC. The van der Waals surface area contributed by atoms with Crippen LogP contribution < -0.4 is 9.83 Å². The lowest BCUT2D eigenvalue weighted by Gasteiger charge is -2.30. The summed E-state index contributed by atoms with van der Waals surface area (Å²) in [4.78, 5) is 0. The summed E-state index contributed by atoms with van der Waals surface area (Å²) in [5.74, 6) is 0.700. The van der Waals surface area contributed by atoms with Crippen LogP contribution in [0.3, 0.4) is 0 Å². The van der Waals surface area contributed by atoms with Crippen molar-refractivity contribution in [1.29, 1.82) is 0 Å². The molecule has 0 aromatic heterocycles. The molecule has 0 bridgehead atoms. The number of ether oxygens (including phenoxy) is 1. The van der Waals surface area contributed by atoms with Gasteiger partial charge in [0.25, 0.3) is 7.37 Å². The van der Waals surface area contributed by atoms with E-state index in [1.807, 2.05) is 55.5 Å². The Bertz CT molecular complexity index is 692. The van der Waals surface area contributed by atoms with Gasteiger partial charge in [-0.1, -0.05) is 43.3 Å². The molecule has 1 aliphatic rings. The van der Waals surface area contributed by atoms with Crippen molar-refractivity contribution in [2.24, 2.45) is 0 Å². The maximum atomic E-state index is 13.4. The smallest absolute Gasteiger partial charge is 0.280 e. The van der Waals surface area contributed by atoms with Crippen LogP contribution in [0.15, 0.2) is 48.5 Å². The summed E-state index contributed by atoms with van der Waals surface area (Å²) >= 11 is 0. The number of benzene rings is 2. The number of hydrogen-bond acceptors (Lipinski definition) is 3. The Balaban J connectivity index is 2.11. The van der Waals surface area contributed by atoms with Crippen molar-refractivity contribution in [2.75, 3.05) is 13.3 Å². The molecule has 0 aliphatic carbocycles. The first-order chi connectivity index (χ1) is 10.2. The van der Waals surface area contributed by atoms with Crippen LogP contribution in [0.25, 0.3) is 11.1 Å². The van der Waals surface area contributed by atoms with Crippen LogP contribution >= 0.6 is 7.37 Å². The second-order valence-corrected chi connectivity index (χ2v) is 7.60. The molecule has 1 aliphatic heterocycles. The molecule has 2 aromatic rings. The predicted molar refractivity (Wildman–Crippen MR) is 85.7 cm³/mol. The zero-order valence-corrected chi connectivity index (χ0v) is 13.2. The Hall–Kier alpha value is -1.57. The van der Waals surface area contributed by atoms with E-state index >= 15 is 0 Å². The summed E-state index contributed by atoms with van der Waals surface area (Å²) in [6.45, 7) is 2.03. The standard InChI is InChI=1S/C17H19O3P/c1-3-13(19-2)12-21(18)17-11-7-5-9-15(17)14-8-4-6-10-16(14)20-21/h4-11,13H,3,12H2,1-2H3. The van der Waals surface area contributed by atoms with Crippen LogP contribution in [0.2, 0.25) is 0 Å². The van der Waals surface area contributed by atoms with Crippen molar-refractivity contribution in [3.63, 3.8) is 0 Å². The maximum absolute atomic E-state index is 13.4. The molecule has 0 saturated heterocycles. The number of rotatable bonds is 4. The summed E-state index contributed by atoms with van der Waals surface area (Å²) in [6, 6.07) is 15.6. The summed E-state index contributed by atoms with van der Waals surface area (Å²) in [7, 11) is -1.29. The number of methoxy groups -OCH3 is 1. The van der Waals surface area contributed by atoms with Gasteiger partial charge in [0.15, 0.2) is 0 Å². The van der Waals surface area contributed by atoms with Crippen LogP contribution in [0.1, 0.15) is 13.3 Å². The lowest BCUT2D eigenvalue weighted by atomic mass is 10.0. The topological polar surface area (TPSA) is 35.5 Å². The Kier molecular flexibility index (Phi) is 3.88. The number of fused-ring (bicyclic) bond motifs is 3. The van der Waals surface area contributed by atoms with E-state index in [0.717, 1.165) is 22.9 Å². The molecule has 110 valence electrons. The minimum atomic E-state index is -2.95. The minimum absolute atomic E-state index is 0.0610. The molecule has 4 heteroatoms. The zero-order chi connectivity index (χ0) is 14.9. The minimum Gasteiger partial charge on any atom is -0.439 e. The molecule has 1 heterocycles. The van der Waals surface area contributed by atoms with Crippen molar-refractivity contribution in [1.82, 2.24) is 0 Å². The Morgan fingerprint density at radius 1 is 1.10 bits per heavy atom. The molecule has 0 radical (unpaired) electrons. The van der Waals surface area contributed by atoms with Crippen molar-refractivity contribution < 1.29 is 13.8 Å². The molecular formula is C17H19O3P. The van der Waals surface area contributed by atoms with Crippen LogP contribution in [-0.2, 0) is 9.30 Å². The molecule has 2 atom stereocenters. The third-order valence-corrected chi connectivity index (χ3v) is 6.43. The van der Waals surface area contributed by atoms with Gasteiger partial charge in [0.05, 0.1) is 17.6 Å². The highest BCUT2D eigenvalue weighted by Crippen LogP contribution is 2.55. The molecule has 0 spiro atoms. The monoisotopic (exact) mass is 302 g/mol. The first-order valence-corrected chi connectivity index (χ1v) is 8.99. The van der Waals surface area contributed by atoms with Gasteiger partial charge in [0.2, 0.25) is 0 Å². The average molecular weight is 302 g/mol. The van der Waals surface area contributed by atoms with E-state index in [9.17, 15) is 4.57 Å². The van der Waals surface area contributed by atoms with Crippen molar-refractivity contribution >= 4 is 12.7 Å². The van der Waals surface area contributed by atoms with Gasteiger partial charge in [-0.2, -0.15) is 0 Å². The molecule has 0 N–H and O–H groups in total. The van der Waals surface area contributed by atoms with E-state index in [1.54, 1.807) is 7.11 Å². The van der Waals surface area contributed by atoms with Crippen molar-refractivity contribution in [2.45, 2.75) is 19.4 Å². The normalized spacial score (nSPS) is 21.0. The largest absolute Gasteiger partial charge is 0.439 e. The van der Waals surface area contributed by atoms with E-state index in [2.05, 4.69) is 0 Å². The molecule has 2 unspecified atom stereocenters. The fraction of sp³-hybridized carbons (Fsp3) is 0.294. The zero-order valence-electron chi connectivity index (χ0n) is 12.3. The predicted octanol–water partition coefficient (Wildman–Crippen LogP) is 4.07. The molecular weight excluding hydrogens is 283 g/mol. The van der Waals surface area contributed by atoms with Crippen LogP contribution in [0, 0.1) is 0 Å². The fourth-order valence-corrected chi connectivity index (χ4v) is 5.41. The summed E-state index contributed by atoms with van der Waals surface area (Å²) < 4.78 is 24.8. The van der Waals surface area contributed by atoms with Crippen molar-refractivity contribution in [3.05, 3.63) is 48.5 Å². The molecule has 3 nitrogen and oxygen atoms in total. The molecule has 2 aromatic carbocycles. The first kappa shape index (κ1) is 14.4. The van der Waals surface area contributed by atoms with Crippen molar-refractivity contribution in [3.8, 4) is 16.9 Å². The van der Waals surface area contributed by atoms with E-state index in [-0.39, 0.29) is 6.10 Å². The van der Waals surface area contributed by atoms with Gasteiger partial charge in [-0.05, 0) is 24.1 Å². The summed E-state index contributed by atoms with van der Waals surface area (Å²) in [5.41, 5.74) is 2.01. The Morgan fingerprint density at radius 3 is 2.48 bits per heavy atom. The summed E-state index contributed by atoms with van der Waals surface area (Å²) in [6.07, 6.45) is 1.16. The highest BCUT2D eigenvalue weighted by molar-refractivity contribution is 7.67. The van der Waals surface area contributed by atoms with Gasteiger partial charge in [-0.15, -0.1) is 0 Å². The van der Waals surface area contributed by atoms with Crippen LogP contribution in [0.5, 0.6) is 5.75 Å². The molecule has 21 heavy (non-hydrogen) atoms. The highest BCUT2D eigenvalue weighted by Gasteiger charge is 2.37. The lowest BCUT2D eigenvalue weighted by Crippen LogP contribution is -2.25. The van der Waals surface area contributed by atoms with Gasteiger partial charge in [0.1, 0.15) is 5.75 Å². The quantitative estimate of drug-likeness (QED) is 0.799. The maximum Gasteiger partial charge on any atom is 0.280 e. The third-order valence-electron chi connectivity index (χ3n) is 3.93. The van der Waals surface area contributed by atoms with Gasteiger partial charge in [-0.25, -0.2) is 0 Å². The fourth-order valence-electron chi connectivity index (χ4n) is 2.75. The molecule has 3 rings (SSSR count). The van der Waals surface area contributed by atoms with Crippen LogP contribution in [0.4, 0.5) is 0 Å². The van der Waals surface area contributed by atoms with E-state index in [1.165, 1.54) is 0 Å². The molecule has 0 saturated carbocycles. The second-order valence-electron chi connectivity index (χ2n) is 5.23. The van der Waals surface area contributed by atoms with E-state index in [0.29, 0.717) is 11.9 Å². The highest BCUT2D eigenvalue weighted by atomic mass is 31.2. The molecule has 0 fully saturated rings.